The van der Waals surface area contributed by atoms with Crippen molar-refractivity contribution in [1.82, 2.24) is 5.32 Å². The molecule has 0 bridgehead atoms. The van der Waals surface area contributed by atoms with Gasteiger partial charge in [-0.25, -0.2) is 0 Å². The second-order valence-electron chi connectivity index (χ2n) is 3.28. The van der Waals surface area contributed by atoms with Crippen molar-refractivity contribution in [1.29, 1.82) is 0 Å². The molecule has 0 radical (unpaired) electrons. The van der Waals surface area contributed by atoms with Gasteiger partial charge in [0.05, 0.1) is 12.1 Å². The Morgan fingerprint density at radius 1 is 1.29 bits per heavy atom. The molecule has 2 nitrogen and oxygen atoms in total. The predicted octanol–water partition coefficient (Wildman–Crippen LogP) is 2.05. The zero-order chi connectivity index (χ0) is 10.6. The summed E-state index contributed by atoms with van der Waals surface area (Å²) in [7, 11) is 1.86. The van der Waals surface area contributed by atoms with Crippen LogP contribution in [0.2, 0.25) is 0 Å². The maximum atomic E-state index is 9.52. The summed E-state index contributed by atoms with van der Waals surface area (Å²) < 4.78 is 0. The molecule has 0 aliphatic heterocycles. The Morgan fingerprint density at radius 2 is 1.86 bits per heavy atom. The van der Waals surface area contributed by atoms with Gasteiger partial charge in [-0.05, 0) is 37.9 Å². The van der Waals surface area contributed by atoms with Gasteiger partial charge >= 0.3 is 0 Å². The molecule has 14 heavy (non-hydrogen) atoms. The molecule has 0 saturated heterocycles. The number of likely N-dealkylation sites (N-methyl/N-ethyl adjacent to an activating group) is 1. The molecule has 0 aliphatic rings. The van der Waals surface area contributed by atoms with E-state index in [4.69, 9.17) is 0 Å². The second-order valence-corrected chi connectivity index (χ2v) is 4.16. The van der Waals surface area contributed by atoms with Gasteiger partial charge in [0.15, 0.2) is 0 Å². The van der Waals surface area contributed by atoms with Crippen molar-refractivity contribution in [3.8, 4) is 0 Å². The Balaban J connectivity index is 2.84. The first-order valence-electron chi connectivity index (χ1n) is 4.68. The summed E-state index contributed by atoms with van der Waals surface area (Å²) >= 11 is 1.72. The van der Waals surface area contributed by atoms with Crippen molar-refractivity contribution in [2.45, 2.75) is 24.0 Å². The van der Waals surface area contributed by atoms with Gasteiger partial charge in [-0.15, -0.1) is 11.8 Å². The molecule has 1 rings (SSSR count). The molecule has 0 fully saturated rings. The highest BCUT2D eigenvalue weighted by Gasteiger charge is 2.14. The van der Waals surface area contributed by atoms with Gasteiger partial charge in [0.1, 0.15) is 0 Å². The number of benzene rings is 1. The van der Waals surface area contributed by atoms with Crippen molar-refractivity contribution < 1.29 is 5.11 Å². The molecule has 0 heterocycles. The van der Waals surface area contributed by atoms with Crippen molar-refractivity contribution >= 4 is 11.8 Å². The molecule has 1 aromatic rings. The summed E-state index contributed by atoms with van der Waals surface area (Å²) in [6.45, 7) is 1.80. The van der Waals surface area contributed by atoms with E-state index < -0.39 is 0 Å². The van der Waals surface area contributed by atoms with E-state index in [0.717, 1.165) is 5.56 Å². The Morgan fingerprint density at radius 3 is 2.21 bits per heavy atom. The fourth-order valence-corrected chi connectivity index (χ4v) is 1.91. The molecule has 78 valence electrons. The highest BCUT2D eigenvalue weighted by atomic mass is 32.2. The highest BCUT2D eigenvalue weighted by Crippen LogP contribution is 2.20. The molecule has 0 amide bonds. The largest absolute Gasteiger partial charge is 0.391 e. The first-order valence-corrected chi connectivity index (χ1v) is 5.90. The molecule has 2 unspecified atom stereocenters. The van der Waals surface area contributed by atoms with Gasteiger partial charge < -0.3 is 10.4 Å². The van der Waals surface area contributed by atoms with Crippen LogP contribution in [0.15, 0.2) is 29.2 Å². The van der Waals surface area contributed by atoms with Crippen LogP contribution in [0.25, 0.3) is 0 Å². The minimum absolute atomic E-state index is 0.0194. The van der Waals surface area contributed by atoms with Gasteiger partial charge in [0, 0.05) is 4.90 Å². The summed E-state index contributed by atoms with van der Waals surface area (Å²) in [5.74, 6) is 0. The molecule has 3 heteroatoms. The Labute approximate surface area is 89.7 Å². The zero-order valence-corrected chi connectivity index (χ0v) is 9.64. The normalized spacial score (nSPS) is 15.1. The lowest BCUT2D eigenvalue weighted by Crippen LogP contribution is -2.26. The van der Waals surface area contributed by atoms with Crippen molar-refractivity contribution in [3.63, 3.8) is 0 Å². The number of hydrogen-bond donors (Lipinski definition) is 2. The lowest BCUT2D eigenvalue weighted by Gasteiger charge is -2.19. The standard InChI is InChI=1S/C11H17NOS/c1-8(13)11(12-2)9-4-6-10(14-3)7-5-9/h4-8,11-13H,1-3H3. The van der Waals surface area contributed by atoms with Crippen LogP contribution >= 0.6 is 11.8 Å². The number of nitrogens with one attached hydrogen (secondary N) is 1. The quantitative estimate of drug-likeness (QED) is 0.748. The first kappa shape index (κ1) is 11.6. The van der Waals surface area contributed by atoms with E-state index in [1.54, 1.807) is 18.7 Å². The van der Waals surface area contributed by atoms with Gasteiger partial charge in [-0.2, -0.15) is 0 Å². The number of hydrogen-bond acceptors (Lipinski definition) is 3. The van der Waals surface area contributed by atoms with Crippen molar-refractivity contribution in [2.24, 2.45) is 0 Å². The topological polar surface area (TPSA) is 32.3 Å². The van der Waals surface area contributed by atoms with Crippen LogP contribution < -0.4 is 5.32 Å². The third kappa shape index (κ3) is 2.74. The van der Waals surface area contributed by atoms with E-state index in [1.807, 2.05) is 7.05 Å². The smallest absolute Gasteiger partial charge is 0.0706 e. The lowest BCUT2D eigenvalue weighted by molar-refractivity contribution is 0.150. The summed E-state index contributed by atoms with van der Waals surface area (Å²) in [5, 5.41) is 12.6. The molecule has 1 aromatic carbocycles. The van der Waals surface area contributed by atoms with Gasteiger partial charge in [-0.1, -0.05) is 12.1 Å². The van der Waals surface area contributed by atoms with Gasteiger partial charge in [0.25, 0.3) is 0 Å². The fraction of sp³-hybridized carbons (Fsp3) is 0.455. The van der Waals surface area contributed by atoms with Crippen LogP contribution in [0.3, 0.4) is 0 Å². The van der Waals surface area contributed by atoms with Crippen LogP contribution in [0.1, 0.15) is 18.5 Å². The van der Waals surface area contributed by atoms with Crippen LogP contribution in [0.5, 0.6) is 0 Å². The maximum absolute atomic E-state index is 9.52. The van der Waals surface area contributed by atoms with Gasteiger partial charge in [0.2, 0.25) is 0 Å². The Kier molecular flexibility index (Phi) is 4.45. The van der Waals surface area contributed by atoms with Crippen LogP contribution in [0, 0.1) is 0 Å². The van der Waals surface area contributed by atoms with Crippen LogP contribution in [-0.4, -0.2) is 24.5 Å². The first-order chi connectivity index (χ1) is 6.69. The third-order valence-corrected chi connectivity index (χ3v) is 3.01. The van der Waals surface area contributed by atoms with Gasteiger partial charge in [-0.3, -0.25) is 0 Å². The second kappa shape index (κ2) is 5.39. The SMILES string of the molecule is CNC(c1ccc(SC)cc1)C(C)O. The average molecular weight is 211 g/mol. The third-order valence-electron chi connectivity index (χ3n) is 2.27. The van der Waals surface area contributed by atoms with E-state index in [0.29, 0.717) is 0 Å². The number of aliphatic hydroxyl groups excluding tert-OH is 1. The van der Waals surface area contributed by atoms with Crippen molar-refractivity contribution in [3.05, 3.63) is 29.8 Å². The maximum Gasteiger partial charge on any atom is 0.0706 e. The molecule has 0 saturated carbocycles. The Bertz CT molecular complexity index is 271. The molecule has 0 aliphatic carbocycles. The summed E-state index contributed by atoms with van der Waals surface area (Å²) in [6.07, 6.45) is 1.68. The average Bonchev–Trinajstić information content (AvgIpc) is 2.19. The fourth-order valence-electron chi connectivity index (χ4n) is 1.50. The lowest BCUT2D eigenvalue weighted by atomic mass is 10.0. The monoisotopic (exact) mass is 211 g/mol. The molecular weight excluding hydrogens is 194 g/mol. The predicted molar refractivity (Wildman–Crippen MR) is 61.7 cm³/mol. The van der Waals surface area contributed by atoms with E-state index >= 15 is 0 Å². The zero-order valence-electron chi connectivity index (χ0n) is 8.82. The molecule has 2 N–H and O–H groups in total. The number of rotatable bonds is 4. The van der Waals surface area contributed by atoms with E-state index in [-0.39, 0.29) is 12.1 Å². The minimum Gasteiger partial charge on any atom is -0.391 e. The molecule has 0 spiro atoms. The summed E-state index contributed by atoms with van der Waals surface area (Å²) in [6, 6.07) is 8.28. The Hall–Kier alpha value is -0.510. The number of aliphatic hydroxyl groups is 1. The molecule has 0 aromatic heterocycles. The highest BCUT2D eigenvalue weighted by molar-refractivity contribution is 7.98. The van der Waals surface area contributed by atoms with Crippen LogP contribution in [0.4, 0.5) is 0 Å². The van der Waals surface area contributed by atoms with E-state index in [1.165, 1.54) is 4.90 Å². The van der Waals surface area contributed by atoms with E-state index in [2.05, 4.69) is 35.8 Å². The minimum atomic E-state index is -0.375. The van der Waals surface area contributed by atoms with Crippen LogP contribution in [-0.2, 0) is 0 Å². The van der Waals surface area contributed by atoms with Crippen molar-refractivity contribution in [2.75, 3.05) is 13.3 Å². The summed E-state index contributed by atoms with van der Waals surface area (Å²) in [4.78, 5) is 1.24. The van der Waals surface area contributed by atoms with E-state index in [9.17, 15) is 5.11 Å². The molecule has 2 atom stereocenters. The summed E-state index contributed by atoms with van der Waals surface area (Å²) in [5.41, 5.74) is 1.13. The number of thioether (sulfide) groups is 1. The molecular formula is C11H17NOS.